The Morgan fingerprint density at radius 1 is 1.30 bits per heavy atom. The Labute approximate surface area is 70.0 Å². The van der Waals surface area contributed by atoms with Gasteiger partial charge in [-0.15, -0.1) is 0 Å². The van der Waals surface area contributed by atoms with Gasteiger partial charge >= 0.3 is 0 Å². The van der Waals surface area contributed by atoms with Crippen LogP contribution in [0.25, 0.3) is 0 Å². The Kier molecular flexibility index (Phi) is 4.34. The summed E-state index contributed by atoms with van der Waals surface area (Å²) in [7, 11) is 0. The highest BCUT2D eigenvalue weighted by Crippen LogP contribution is 2.10. The quantitative estimate of drug-likeness (QED) is 0.661. The van der Waals surface area contributed by atoms with Crippen LogP contribution in [0.4, 0.5) is 0 Å². The van der Waals surface area contributed by atoms with Crippen molar-refractivity contribution in [3.05, 3.63) is 0 Å². The molecular formula is C7H13BrO2. The average molecular weight is 209 g/mol. The van der Waals surface area contributed by atoms with E-state index in [0.29, 0.717) is 0 Å². The van der Waals surface area contributed by atoms with Gasteiger partial charge in [-0.2, -0.15) is 0 Å². The minimum absolute atomic E-state index is 0.0753. The molecule has 0 aliphatic carbocycles. The molecule has 0 aromatic rings. The molecule has 2 nitrogen and oxygen atoms in total. The summed E-state index contributed by atoms with van der Waals surface area (Å²) < 4.78 is 10.7. The molecule has 0 radical (unpaired) electrons. The number of hydrogen-bond acceptors (Lipinski definition) is 2. The SMILES string of the molecule is BrCCCC1OCCCO1. The molecule has 0 unspecified atom stereocenters. The lowest BCUT2D eigenvalue weighted by Gasteiger charge is -2.22. The topological polar surface area (TPSA) is 18.5 Å². The maximum atomic E-state index is 5.34. The van der Waals surface area contributed by atoms with E-state index in [1.54, 1.807) is 0 Å². The first-order valence-electron chi connectivity index (χ1n) is 3.72. The molecule has 1 aliphatic rings. The number of alkyl halides is 1. The molecule has 0 saturated carbocycles. The van der Waals surface area contributed by atoms with E-state index < -0.39 is 0 Å². The average Bonchev–Trinajstić information content (AvgIpc) is 2.03. The standard InChI is InChI=1S/C7H13BrO2/c8-4-1-3-7-9-5-2-6-10-7/h7H,1-6H2. The largest absolute Gasteiger partial charge is 0.353 e. The molecule has 1 rings (SSSR count). The van der Waals surface area contributed by atoms with E-state index in [2.05, 4.69) is 15.9 Å². The van der Waals surface area contributed by atoms with E-state index in [0.717, 1.165) is 37.8 Å². The lowest BCUT2D eigenvalue weighted by Crippen LogP contribution is -2.24. The molecule has 60 valence electrons. The van der Waals surface area contributed by atoms with Crippen LogP contribution in [0.3, 0.4) is 0 Å². The van der Waals surface area contributed by atoms with Crippen molar-refractivity contribution in [2.24, 2.45) is 0 Å². The molecule has 1 heterocycles. The predicted octanol–water partition coefficient (Wildman–Crippen LogP) is 1.92. The van der Waals surface area contributed by atoms with E-state index >= 15 is 0 Å². The maximum Gasteiger partial charge on any atom is 0.157 e. The van der Waals surface area contributed by atoms with Crippen molar-refractivity contribution in [1.82, 2.24) is 0 Å². The van der Waals surface area contributed by atoms with Crippen molar-refractivity contribution in [1.29, 1.82) is 0 Å². The van der Waals surface area contributed by atoms with Crippen LogP contribution in [0, 0.1) is 0 Å². The van der Waals surface area contributed by atoms with Crippen molar-refractivity contribution in [3.8, 4) is 0 Å². The Morgan fingerprint density at radius 3 is 2.60 bits per heavy atom. The molecule has 0 N–H and O–H groups in total. The van der Waals surface area contributed by atoms with Gasteiger partial charge in [0, 0.05) is 5.33 Å². The molecule has 1 fully saturated rings. The van der Waals surface area contributed by atoms with E-state index in [4.69, 9.17) is 9.47 Å². The van der Waals surface area contributed by atoms with Crippen LogP contribution in [-0.2, 0) is 9.47 Å². The third-order valence-electron chi connectivity index (χ3n) is 1.47. The normalized spacial score (nSPS) is 21.3. The van der Waals surface area contributed by atoms with Crippen molar-refractivity contribution in [2.45, 2.75) is 25.6 Å². The van der Waals surface area contributed by atoms with Crippen molar-refractivity contribution >= 4 is 15.9 Å². The summed E-state index contributed by atoms with van der Waals surface area (Å²) >= 11 is 3.37. The van der Waals surface area contributed by atoms with Crippen LogP contribution in [0.1, 0.15) is 19.3 Å². The van der Waals surface area contributed by atoms with Crippen LogP contribution in [0.2, 0.25) is 0 Å². The summed E-state index contributed by atoms with van der Waals surface area (Å²) in [6, 6.07) is 0. The van der Waals surface area contributed by atoms with Gasteiger partial charge in [0.25, 0.3) is 0 Å². The van der Waals surface area contributed by atoms with Gasteiger partial charge in [0.15, 0.2) is 6.29 Å². The smallest absolute Gasteiger partial charge is 0.157 e. The zero-order valence-corrected chi connectivity index (χ0v) is 7.60. The minimum Gasteiger partial charge on any atom is -0.353 e. The molecule has 1 aliphatic heterocycles. The van der Waals surface area contributed by atoms with Crippen LogP contribution in [0.15, 0.2) is 0 Å². The van der Waals surface area contributed by atoms with Crippen molar-refractivity contribution in [2.75, 3.05) is 18.5 Å². The fraction of sp³-hybridized carbons (Fsp3) is 1.00. The number of rotatable bonds is 3. The van der Waals surface area contributed by atoms with Crippen molar-refractivity contribution in [3.63, 3.8) is 0 Å². The van der Waals surface area contributed by atoms with E-state index in [9.17, 15) is 0 Å². The van der Waals surface area contributed by atoms with E-state index in [1.807, 2.05) is 0 Å². The monoisotopic (exact) mass is 208 g/mol. The highest BCUT2D eigenvalue weighted by Gasteiger charge is 2.12. The molecule has 0 aromatic heterocycles. The Bertz CT molecular complexity index is 81.7. The molecule has 0 bridgehead atoms. The summed E-state index contributed by atoms with van der Waals surface area (Å²) in [6.07, 6.45) is 3.27. The summed E-state index contributed by atoms with van der Waals surface area (Å²) in [6.45, 7) is 1.74. The summed E-state index contributed by atoms with van der Waals surface area (Å²) in [5.74, 6) is 0. The Balaban J connectivity index is 2.02. The second-order valence-corrected chi connectivity index (χ2v) is 3.15. The fourth-order valence-electron chi connectivity index (χ4n) is 0.947. The van der Waals surface area contributed by atoms with Crippen LogP contribution in [-0.4, -0.2) is 24.8 Å². The second-order valence-electron chi connectivity index (χ2n) is 2.36. The van der Waals surface area contributed by atoms with Crippen LogP contribution >= 0.6 is 15.9 Å². The summed E-state index contributed by atoms with van der Waals surface area (Å²) in [5.41, 5.74) is 0. The highest BCUT2D eigenvalue weighted by molar-refractivity contribution is 9.09. The molecule has 0 spiro atoms. The Hall–Kier alpha value is 0.400. The van der Waals surface area contributed by atoms with Gasteiger partial charge in [-0.05, 0) is 19.3 Å². The molecule has 1 saturated heterocycles. The zero-order valence-electron chi connectivity index (χ0n) is 6.01. The maximum absolute atomic E-state index is 5.34. The third kappa shape index (κ3) is 2.99. The first-order chi connectivity index (χ1) is 4.93. The van der Waals surface area contributed by atoms with Gasteiger partial charge < -0.3 is 9.47 Å². The van der Waals surface area contributed by atoms with Gasteiger partial charge in [-0.1, -0.05) is 15.9 Å². The van der Waals surface area contributed by atoms with Gasteiger partial charge in [-0.3, -0.25) is 0 Å². The molecule has 0 aromatic carbocycles. The van der Waals surface area contributed by atoms with Gasteiger partial charge in [-0.25, -0.2) is 0 Å². The minimum atomic E-state index is 0.0753. The molecular weight excluding hydrogens is 196 g/mol. The third-order valence-corrected chi connectivity index (χ3v) is 2.03. The van der Waals surface area contributed by atoms with Crippen LogP contribution < -0.4 is 0 Å². The van der Waals surface area contributed by atoms with Gasteiger partial charge in [0.05, 0.1) is 13.2 Å². The lowest BCUT2D eigenvalue weighted by molar-refractivity contribution is -0.181. The number of halogens is 1. The zero-order chi connectivity index (χ0) is 7.23. The first kappa shape index (κ1) is 8.50. The molecule has 10 heavy (non-hydrogen) atoms. The van der Waals surface area contributed by atoms with Crippen LogP contribution in [0.5, 0.6) is 0 Å². The molecule has 0 atom stereocenters. The summed E-state index contributed by atoms with van der Waals surface area (Å²) in [5, 5.41) is 1.04. The molecule has 3 heteroatoms. The van der Waals surface area contributed by atoms with E-state index in [-0.39, 0.29) is 6.29 Å². The van der Waals surface area contributed by atoms with E-state index in [1.165, 1.54) is 0 Å². The first-order valence-corrected chi connectivity index (χ1v) is 4.85. The number of ether oxygens (including phenoxy) is 2. The number of hydrogen-bond donors (Lipinski definition) is 0. The van der Waals surface area contributed by atoms with Gasteiger partial charge in [0.2, 0.25) is 0 Å². The summed E-state index contributed by atoms with van der Waals surface area (Å²) in [4.78, 5) is 0. The predicted molar refractivity (Wildman–Crippen MR) is 43.3 cm³/mol. The fourth-order valence-corrected chi connectivity index (χ4v) is 1.27. The van der Waals surface area contributed by atoms with Crippen molar-refractivity contribution < 1.29 is 9.47 Å². The molecule has 0 amide bonds. The second kappa shape index (κ2) is 5.10. The highest BCUT2D eigenvalue weighted by atomic mass is 79.9. The Morgan fingerprint density at radius 2 is 2.00 bits per heavy atom. The lowest BCUT2D eigenvalue weighted by atomic mass is 10.3. The van der Waals surface area contributed by atoms with Gasteiger partial charge in [0.1, 0.15) is 0 Å².